The van der Waals surface area contributed by atoms with E-state index in [-0.39, 0.29) is 11.7 Å². The van der Waals surface area contributed by atoms with Crippen LogP contribution >= 0.6 is 0 Å². The normalized spacial score (nSPS) is 18.8. The second-order valence-corrected chi connectivity index (χ2v) is 9.97. The van der Waals surface area contributed by atoms with Crippen LogP contribution in [0.3, 0.4) is 0 Å². The molecule has 2 aliphatic rings. The quantitative estimate of drug-likeness (QED) is 0.386. The molecule has 196 valence electrons. The monoisotopic (exact) mass is 516 g/mol. The van der Waals surface area contributed by atoms with Crippen LogP contribution in [-0.2, 0) is 28.2 Å². The number of hydrogen-bond donors (Lipinski definition) is 2. The van der Waals surface area contributed by atoms with Crippen LogP contribution in [0.5, 0.6) is 0 Å². The Labute approximate surface area is 219 Å². The Morgan fingerprint density at radius 2 is 2.13 bits per heavy atom. The highest BCUT2D eigenvalue weighted by molar-refractivity contribution is 6.06. The Bertz CT molecular complexity index is 1540. The number of anilines is 2. The molecular formula is C28H29FN6O3. The molecule has 5 heterocycles. The van der Waals surface area contributed by atoms with Gasteiger partial charge in [0.2, 0.25) is 0 Å². The molecule has 1 atom stereocenters. The van der Waals surface area contributed by atoms with E-state index in [0.29, 0.717) is 49.0 Å². The largest absolute Gasteiger partial charge is 0.378 e. The molecule has 10 heteroatoms. The molecule has 0 bridgehead atoms. The first-order chi connectivity index (χ1) is 18.4. The molecule has 38 heavy (non-hydrogen) atoms. The molecule has 0 radical (unpaired) electrons. The first-order valence-electron chi connectivity index (χ1n) is 12.5. The molecule has 2 aliphatic heterocycles. The number of imidazole rings is 1. The molecule has 6 rings (SSSR count). The number of benzene rings is 1. The molecule has 0 saturated carbocycles. The number of ether oxygens (including phenoxy) is 2. The van der Waals surface area contributed by atoms with Gasteiger partial charge in [-0.15, -0.1) is 0 Å². The van der Waals surface area contributed by atoms with Gasteiger partial charge in [0, 0.05) is 56.6 Å². The second-order valence-electron chi connectivity index (χ2n) is 9.97. The lowest BCUT2D eigenvalue weighted by atomic mass is 9.91. The van der Waals surface area contributed by atoms with Crippen LogP contribution in [0.2, 0.25) is 0 Å². The van der Waals surface area contributed by atoms with Crippen LogP contribution in [0.25, 0.3) is 16.9 Å². The van der Waals surface area contributed by atoms with E-state index in [9.17, 15) is 9.18 Å². The van der Waals surface area contributed by atoms with Crippen molar-refractivity contribution < 1.29 is 18.7 Å². The lowest BCUT2D eigenvalue weighted by Gasteiger charge is -2.29. The van der Waals surface area contributed by atoms with Crippen molar-refractivity contribution in [3.63, 3.8) is 0 Å². The summed E-state index contributed by atoms with van der Waals surface area (Å²) in [6.45, 7) is 2.15. The van der Waals surface area contributed by atoms with Gasteiger partial charge in [0.25, 0.3) is 5.91 Å². The van der Waals surface area contributed by atoms with Crippen molar-refractivity contribution in [3.8, 4) is 11.3 Å². The number of halogens is 1. The molecule has 0 spiro atoms. The SMILES string of the molecule is COC1(c2ccc(Nc3ccc(-c4cnc5cc(F)ccn45)c4c3C(=O)NC4)nc2CN(C)C)CCOC1. The Balaban J connectivity index is 1.39. The highest BCUT2D eigenvalue weighted by Crippen LogP contribution is 2.38. The summed E-state index contributed by atoms with van der Waals surface area (Å²) in [4.78, 5) is 24.3. The smallest absolute Gasteiger partial charge is 0.254 e. The zero-order valence-electron chi connectivity index (χ0n) is 21.5. The average molecular weight is 517 g/mol. The summed E-state index contributed by atoms with van der Waals surface area (Å²) in [7, 11) is 5.71. The second kappa shape index (κ2) is 9.46. The fourth-order valence-electron chi connectivity index (χ4n) is 5.42. The number of nitrogens with one attached hydrogen (secondary N) is 2. The Morgan fingerprint density at radius 3 is 2.89 bits per heavy atom. The summed E-state index contributed by atoms with van der Waals surface area (Å²) in [6, 6.07) is 10.6. The van der Waals surface area contributed by atoms with Gasteiger partial charge in [0.1, 0.15) is 22.9 Å². The van der Waals surface area contributed by atoms with Crippen LogP contribution in [-0.4, -0.2) is 59.6 Å². The predicted octanol–water partition coefficient (Wildman–Crippen LogP) is 3.85. The summed E-state index contributed by atoms with van der Waals surface area (Å²) in [5.41, 5.74) is 5.64. The van der Waals surface area contributed by atoms with Gasteiger partial charge >= 0.3 is 0 Å². The van der Waals surface area contributed by atoms with Crippen LogP contribution in [0.1, 0.15) is 33.6 Å². The molecule has 2 N–H and O–H groups in total. The summed E-state index contributed by atoms with van der Waals surface area (Å²) in [5, 5.41) is 6.32. The standard InChI is InChI=1S/C28H29FN6O3/c1-34(2)15-22-20(28(37-3)9-11-38-16-28)5-7-24(33-22)32-21-6-4-18(19-13-31-27(36)26(19)21)23-14-30-25-12-17(29)8-10-35(23)25/h4-8,10,12,14H,9,11,13,15-16H2,1-3H3,(H,31,36)(H,32,33). The highest BCUT2D eigenvalue weighted by atomic mass is 19.1. The van der Waals surface area contributed by atoms with Crippen molar-refractivity contribution in [2.24, 2.45) is 0 Å². The van der Waals surface area contributed by atoms with Gasteiger partial charge in [0.05, 0.1) is 35.4 Å². The van der Waals surface area contributed by atoms with Crippen LogP contribution in [0.15, 0.2) is 48.8 Å². The van der Waals surface area contributed by atoms with Crippen molar-refractivity contribution in [2.75, 3.05) is 39.7 Å². The summed E-state index contributed by atoms with van der Waals surface area (Å²) < 4.78 is 27.1. The van der Waals surface area contributed by atoms with Gasteiger partial charge in [-0.3, -0.25) is 9.20 Å². The van der Waals surface area contributed by atoms with Gasteiger partial charge in [-0.2, -0.15) is 0 Å². The van der Waals surface area contributed by atoms with E-state index >= 15 is 0 Å². The summed E-state index contributed by atoms with van der Waals surface area (Å²) in [5.74, 6) is 0.131. The lowest BCUT2D eigenvalue weighted by Crippen LogP contribution is -2.31. The van der Waals surface area contributed by atoms with Crippen LogP contribution in [0.4, 0.5) is 15.9 Å². The number of carbonyl (C=O) groups is 1. The van der Waals surface area contributed by atoms with E-state index in [4.69, 9.17) is 14.5 Å². The van der Waals surface area contributed by atoms with Crippen molar-refractivity contribution >= 4 is 23.1 Å². The van der Waals surface area contributed by atoms with Gasteiger partial charge in [-0.05, 0) is 37.9 Å². The number of nitrogens with zero attached hydrogens (tertiary/aromatic N) is 4. The summed E-state index contributed by atoms with van der Waals surface area (Å²) >= 11 is 0. The number of rotatable bonds is 7. The number of fused-ring (bicyclic) bond motifs is 2. The number of carbonyl (C=O) groups excluding carboxylic acids is 1. The van der Waals surface area contributed by atoms with Gasteiger partial charge in [-0.1, -0.05) is 12.1 Å². The lowest BCUT2D eigenvalue weighted by molar-refractivity contribution is -0.0225. The number of pyridine rings is 2. The van der Waals surface area contributed by atoms with E-state index in [2.05, 4.69) is 20.5 Å². The molecule has 1 saturated heterocycles. The molecular weight excluding hydrogens is 487 g/mol. The minimum Gasteiger partial charge on any atom is -0.378 e. The number of methoxy groups -OCH3 is 1. The van der Waals surface area contributed by atoms with Crippen molar-refractivity contribution in [1.82, 2.24) is 24.6 Å². The number of hydrogen-bond acceptors (Lipinski definition) is 7. The molecule has 3 aromatic heterocycles. The third-order valence-corrected chi connectivity index (χ3v) is 7.29. The molecule has 9 nitrogen and oxygen atoms in total. The Morgan fingerprint density at radius 1 is 1.26 bits per heavy atom. The summed E-state index contributed by atoms with van der Waals surface area (Å²) in [6.07, 6.45) is 4.12. The van der Waals surface area contributed by atoms with Gasteiger partial charge in [-0.25, -0.2) is 14.4 Å². The highest BCUT2D eigenvalue weighted by Gasteiger charge is 2.39. The maximum Gasteiger partial charge on any atom is 0.254 e. The molecule has 1 unspecified atom stereocenters. The minimum absolute atomic E-state index is 0.157. The van der Waals surface area contributed by atoms with Crippen molar-refractivity contribution in [1.29, 1.82) is 0 Å². The first kappa shape index (κ1) is 24.5. The fraction of sp³-hybridized carbons (Fsp3) is 0.321. The van der Waals surface area contributed by atoms with E-state index in [1.807, 2.05) is 42.8 Å². The number of aromatic nitrogens is 3. The zero-order valence-corrected chi connectivity index (χ0v) is 21.5. The van der Waals surface area contributed by atoms with E-state index < -0.39 is 5.60 Å². The predicted molar refractivity (Wildman–Crippen MR) is 141 cm³/mol. The van der Waals surface area contributed by atoms with E-state index in [1.165, 1.54) is 12.1 Å². The van der Waals surface area contributed by atoms with E-state index in [0.717, 1.165) is 34.5 Å². The van der Waals surface area contributed by atoms with Gasteiger partial charge < -0.3 is 25.0 Å². The average Bonchev–Trinajstić information content (AvgIpc) is 3.63. The molecule has 1 amide bonds. The van der Waals surface area contributed by atoms with Crippen molar-refractivity contribution in [3.05, 3.63) is 77.0 Å². The fourth-order valence-corrected chi connectivity index (χ4v) is 5.42. The minimum atomic E-state index is -0.517. The third kappa shape index (κ3) is 4.10. The molecule has 0 aliphatic carbocycles. The number of amides is 1. The topological polar surface area (TPSA) is 93.0 Å². The maximum atomic E-state index is 13.7. The molecule has 1 fully saturated rings. The van der Waals surface area contributed by atoms with E-state index in [1.54, 1.807) is 19.5 Å². The molecule has 4 aromatic rings. The van der Waals surface area contributed by atoms with Gasteiger partial charge in [0.15, 0.2) is 0 Å². The maximum absolute atomic E-state index is 13.7. The first-order valence-corrected chi connectivity index (χ1v) is 12.5. The zero-order chi connectivity index (χ0) is 26.4. The third-order valence-electron chi connectivity index (χ3n) is 7.29. The van der Waals surface area contributed by atoms with Crippen LogP contribution in [0, 0.1) is 5.82 Å². The molecule has 1 aromatic carbocycles. The van der Waals surface area contributed by atoms with Crippen molar-refractivity contribution in [2.45, 2.75) is 25.1 Å². The Hall–Kier alpha value is -3.86. The Kier molecular flexibility index (Phi) is 6.10. The van der Waals surface area contributed by atoms with Crippen LogP contribution < -0.4 is 10.6 Å².